The van der Waals surface area contributed by atoms with Crippen LogP contribution in [0.3, 0.4) is 0 Å². The molecule has 122 valence electrons. The van der Waals surface area contributed by atoms with Crippen molar-refractivity contribution in [1.29, 1.82) is 0 Å². The highest BCUT2D eigenvalue weighted by Gasteiger charge is 2.24. The van der Waals surface area contributed by atoms with Gasteiger partial charge < -0.3 is 9.80 Å². The summed E-state index contributed by atoms with van der Waals surface area (Å²) in [5.41, 5.74) is 0.184. The highest BCUT2D eigenvalue weighted by molar-refractivity contribution is 7.90. The fourth-order valence-corrected chi connectivity index (χ4v) is 2.91. The molecule has 1 aromatic carbocycles. The molecule has 0 radical (unpaired) electrons. The predicted molar refractivity (Wildman–Crippen MR) is 79.5 cm³/mol. The maximum absolute atomic E-state index is 13.7. The van der Waals surface area contributed by atoms with Crippen LogP contribution in [-0.2, 0) is 14.6 Å². The van der Waals surface area contributed by atoms with Gasteiger partial charge in [0.25, 0.3) is 0 Å². The summed E-state index contributed by atoms with van der Waals surface area (Å²) in [4.78, 5) is 15.2. The van der Waals surface area contributed by atoms with E-state index in [9.17, 15) is 22.0 Å². The first-order valence-electron chi connectivity index (χ1n) is 6.92. The third-order valence-corrected chi connectivity index (χ3v) is 4.54. The van der Waals surface area contributed by atoms with Crippen LogP contribution >= 0.6 is 0 Å². The lowest BCUT2D eigenvalue weighted by Gasteiger charge is -2.36. The van der Waals surface area contributed by atoms with Crippen molar-refractivity contribution in [1.82, 2.24) is 4.90 Å². The quantitative estimate of drug-likeness (QED) is 0.827. The predicted octanol–water partition coefficient (Wildman–Crippen LogP) is 1.05. The average molecular weight is 332 g/mol. The van der Waals surface area contributed by atoms with E-state index in [0.717, 1.165) is 12.3 Å². The zero-order valence-corrected chi connectivity index (χ0v) is 13.1. The number of benzene rings is 1. The molecule has 1 aliphatic heterocycles. The lowest BCUT2D eigenvalue weighted by Crippen LogP contribution is -2.49. The first-order valence-corrected chi connectivity index (χ1v) is 8.98. The zero-order chi connectivity index (χ0) is 16.3. The minimum Gasteiger partial charge on any atom is -0.366 e. The second-order valence-corrected chi connectivity index (χ2v) is 7.58. The third-order valence-electron chi connectivity index (χ3n) is 3.59. The lowest BCUT2D eigenvalue weighted by atomic mass is 10.2. The number of piperazine rings is 1. The summed E-state index contributed by atoms with van der Waals surface area (Å²) in [5.74, 6) is -2.20. The van der Waals surface area contributed by atoms with Crippen LogP contribution in [0.2, 0.25) is 0 Å². The van der Waals surface area contributed by atoms with E-state index >= 15 is 0 Å². The Bertz CT molecular complexity index is 656. The smallest absolute Gasteiger partial charge is 0.223 e. The Hall–Kier alpha value is -1.70. The number of anilines is 1. The van der Waals surface area contributed by atoms with Crippen LogP contribution in [0.25, 0.3) is 0 Å². The molecule has 22 heavy (non-hydrogen) atoms. The number of hydrogen-bond acceptors (Lipinski definition) is 4. The van der Waals surface area contributed by atoms with Crippen molar-refractivity contribution < 1.29 is 22.0 Å². The number of halogens is 2. The van der Waals surface area contributed by atoms with Gasteiger partial charge in [0, 0.05) is 38.9 Å². The third kappa shape index (κ3) is 4.16. The Morgan fingerprint density at radius 3 is 2.41 bits per heavy atom. The van der Waals surface area contributed by atoms with E-state index in [-0.39, 0.29) is 23.8 Å². The van der Waals surface area contributed by atoms with Gasteiger partial charge in [-0.3, -0.25) is 4.79 Å². The summed E-state index contributed by atoms with van der Waals surface area (Å²) < 4.78 is 49.1. The number of nitrogens with zero attached hydrogens (tertiary/aromatic N) is 2. The largest absolute Gasteiger partial charge is 0.366 e. The lowest BCUT2D eigenvalue weighted by molar-refractivity contribution is -0.131. The zero-order valence-electron chi connectivity index (χ0n) is 12.3. The fraction of sp³-hybridized carbons (Fsp3) is 0.500. The molecule has 2 rings (SSSR count). The van der Waals surface area contributed by atoms with Crippen molar-refractivity contribution in [3.8, 4) is 0 Å². The summed E-state index contributed by atoms with van der Waals surface area (Å²) in [5, 5.41) is 0. The van der Waals surface area contributed by atoms with E-state index in [2.05, 4.69) is 0 Å². The van der Waals surface area contributed by atoms with Crippen molar-refractivity contribution in [2.24, 2.45) is 0 Å². The molecule has 8 heteroatoms. The van der Waals surface area contributed by atoms with Crippen LogP contribution in [0.1, 0.15) is 6.42 Å². The summed E-state index contributed by atoms with van der Waals surface area (Å²) in [6, 6.07) is 4.00. The molecule has 1 aromatic rings. The van der Waals surface area contributed by atoms with Crippen molar-refractivity contribution in [3.05, 3.63) is 29.8 Å². The van der Waals surface area contributed by atoms with Crippen LogP contribution in [0.15, 0.2) is 18.2 Å². The standard InChI is InChI=1S/C14H18F2N2O3S/c1-22(20,21)10-5-13(19)18-8-6-17(7-9-18)12-4-2-3-11(15)14(12)16/h2-4H,5-10H2,1H3. The number of hydrogen-bond donors (Lipinski definition) is 0. The van der Waals surface area contributed by atoms with Crippen molar-refractivity contribution in [3.63, 3.8) is 0 Å². The molecule has 0 spiro atoms. The maximum atomic E-state index is 13.7. The molecule has 1 fully saturated rings. The molecule has 0 aromatic heterocycles. The van der Waals surface area contributed by atoms with Crippen LogP contribution in [0.5, 0.6) is 0 Å². The van der Waals surface area contributed by atoms with E-state index in [4.69, 9.17) is 0 Å². The van der Waals surface area contributed by atoms with E-state index < -0.39 is 21.5 Å². The van der Waals surface area contributed by atoms with Gasteiger partial charge in [-0.1, -0.05) is 6.07 Å². The van der Waals surface area contributed by atoms with Crippen LogP contribution in [0, 0.1) is 11.6 Å². The van der Waals surface area contributed by atoms with Gasteiger partial charge in [0.2, 0.25) is 5.91 Å². The van der Waals surface area contributed by atoms with Crippen LogP contribution in [0.4, 0.5) is 14.5 Å². The van der Waals surface area contributed by atoms with Gasteiger partial charge in [-0.25, -0.2) is 17.2 Å². The molecule has 1 aliphatic rings. The molecule has 0 unspecified atom stereocenters. The van der Waals surface area contributed by atoms with Crippen molar-refractivity contribution >= 4 is 21.4 Å². The molecule has 0 bridgehead atoms. The molecule has 0 atom stereocenters. The van der Waals surface area contributed by atoms with E-state index in [1.807, 2.05) is 0 Å². The van der Waals surface area contributed by atoms with Gasteiger partial charge in [-0.2, -0.15) is 0 Å². The SMILES string of the molecule is CS(=O)(=O)CCC(=O)N1CCN(c2cccc(F)c2F)CC1. The van der Waals surface area contributed by atoms with Crippen molar-refractivity contribution in [2.45, 2.75) is 6.42 Å². The molecule has 0 saturated carbocycles. The van der Waals surface area contributed by atoms with Crippen molar-refractivity contribution in [2.75, 3.05) is 43.1 Å². The average Bonchev–Trinajstić information content (AvgIpc) is 2.47. The van der Waals surface area contributed by atoms with Gasteiger partial charge >= 0.3 is 0 Å². The molecule has 0 N–H and O–H groups in total. The normalized spacial score (nSPS) is 16.0. The minimum absolute atomic E-state index is 0.0485. The summed E-state index contributed by atoms with van der Waals surface area (Å²) in [6.45, 7) is 1.48. The van der Waals surface area contributed by atoms with Gasteiger partial charge in [0.1, 0.15) is 9.84 Å². The maximum Gasteiger partial charge on any atom is 0.223 e. The van der Waals surface area contributed by atoms with Gasteiger partial charge in [-0.15, -0.1) is 0 Å². The second kappa shape index (κ2) is 6.60. The number of amides is 1. The molecular formula is C14H18F2N2O3S. The fourth-order valence-electron chi connectivity index (χ4n) is 2.36. The molecule has 1 heterocycles. The molecule has 0 aliphatic carbocycles. The number of carbonyl (C=O) groups is 1. The topological polar surface area (TPSA) is 57.7 Å². The Labute approximate surface area is 128 Å². The second-order valence-electron chi connectivity index (χ2n) is 5.32. The Morgan fingerprint density at radius 2 is 1.82 bits per heavy atom. The Kier molecular flexibility index (Phi) is 5.00. The summed E-state index contributed by atoms with van der Waals surface area (Å²) in [6.07, 6.45) is 1.04. The van der Waals surface area contributed by atoms with Gasteiger partial charge in [0.05, 0.1) is 11.4 Å². The Morgan fingerprint density at radius 1 is 1.18 bits per heavy atom. The van der Waals surface area contributed by atoms with E-state index in [0.29, 0.717) is 26.2 Å². The summed E-state index contributed by atoms with van der Waals surface area (Å²) >= 11 is 0. The minimum atomic E-state index is -3.17. The highest BCUT2D eigenvalue weighted by atomic mass is 32.2. The van der Waals surface area contributed by atoms with Gasteiger partial charge in [0.15, 0.2) is 11.6 Å². The first kappa shape index (κ1) is 16.7. The highest BCUT2D eigenvalue weighted by Crippen LogP contribution is 2.22. The summed E-state index contributed by atoms with van der Waals surface area (Å²) in [7, 11) is -3.17. The number of carbonyl (C=O) groups excluding carboxylic acids is 1. The van der Waals surface area contributed by atoms with E-state index in [1.165, 1.54) is 12.1 Å². The number of rotatable bonds is 4. The molecule has 1 saturated heterocycles. The Balaban J connectivity index is 1.93. The van der Waals surface area contributed by atoms with E-state index in [1.54, 1.807) is 9.80 Å². The van der Waals surface area contributed by atoms with Crippen LogP contribution < -0.4 is 4.90 Å². The van der Waals surface area contributed by atoms with Gasteiger partial charge in [-0.05, 0) is 12.1 Å². The first-order chi connectivity index (χ1) is 10.3. The number of sulfone groups is 1. The molecule has 1 amide bonds. The monoisotopic (exact) mass is 332 g/mol. The molecule has 5 nitrogen and oxygen atoms in total. The van der Waals surface area contributed by atoms with Crippen LogP contribution in [-0.4, -0.2) is 57.4 Å². The molecular weight excluding hydrogens is 314 g/mol.